The molecular formula is C24H27N5O2S. The van der Waals surface area contributed by atoms with Crippen molar-refractivity contribution in [3.8, 4) is 16.3 Å². The minimum atomic E-state index is 0.00102. The van der Waals surface area contributed by atoms with Crippen LogP contribution in [0.3, 0.4) is 0 Å². The first kappa shape index (κ1) is 20.9. The van der Waals surface area contributed by atoms with E-state index in [-0.39, 0.29) is 11.8 Å². The van der Waals surface area contributed by atoms with Gasteiger partial charge in [-0.2, -0.15) is 5.10 Å². The summed E-state index contributed by atoms with van der Waals surface area (Å²) in [5.74, 6) is 0.215. The molecule has 2 saturated heterocycles. The van der Waals surface area contributed by atoms with Crippen LogP contribution >= 0.6 is 11.3 Å². The first-order chi connectivity index (χ1) is 15.7. The van der Waals surface area contributed by atoms with Gasteiger partial charge in [0, 0.05) is 45.5 Å². The largest absolute Gasteiger partial charge is 0.342 e. The molecule has 0 bridgehead atoms. The van der Waals surface area contributed by atoms with Crippen LogP contribution in [0.2, 0.25) is 0 Å². The SMILES string of the molecule is O=C(CN1CCN(C(=O)c2cn(-c3ccccc3)nc2-c2cccs2)CC1)N1CCCC1. The van der Waals surface area contributed by atoms with E-state index in [9.17, 15) is 9.59 Å². The Morgan fingerprint density at radius 1 is 0.875 bits per heavy atom. The maximum atomic E-state index is 13.5. The first-order valence-corrected chi connectivity index (χ1v) is 12.1. The molecule has 1 aromatic carbocycles. The van der Waals surface area contributed by atoms with Gasteiger partial charge < -0.3 is 9.80 Å². The van der Waals surface area contributed by atoms with Crippen molar-refractivity contribution in [1.82, 2.24) is 24.5 Å². The molecule has 0 atom stereocenters. The molecule has 2 amide bonds. The van der Waals surface area contributed by atoms with Crippen LogP contribution in [-0.2, 0) is 4.79 Å². The van der Waals surface area contributed by atoms with Crippen molar-refractivity contribution in [2.45, 2.75) is 12.8 Å². The number of hydrogen-bond donors (Lipinski definition) is 0. The Hall–Kier alpha value is -2.97. The van der Waals surface area contributed by atoms with E-state index in [0.717, 1.165) is 42.2 Å². The lowest BCUT2D eigenvalue weighted by Gasteiger charge is -2.35. The normalized spacial score (nSPS) is 17.1. The zero-order valence-corrected chi connectivity index (χ0v) is 18.8. The topological polar surface area (TPSA) is 61.7 Å². The van der Waals surface area contributed by atoms with E-state index in [2.05, 4.69) is 4.90 Å². The maximum absolute atomic E-state index is 13.5. The second-order valence-electron chi connectivity index (χ2n) is 8.31. The molecule has 7 nitrogen and oxygen atoms in total. The Morgan fingerprint density at radius 2 is 1.62 bits per heavy atom. The summed E-state index contributed by atoms with van der Waals surface area (Å²) >= 11 is 1.59. The van der Waals surface area contributed by atoms with Crippen molar-refractivity contribution >= 4 is 23.2 Å². The van der Waals surface area contributed by atoms with Crippen LogP contribution in [0.25, 0.3) is 16.3 Å². The molecule has 3 aromatic rings. The summed E-state index contributed by atoms with van der Waals surface area (Å²) in [5, 5.41) is 6.76. The van der Waals surface area contributed by atoms with Crippen LogP contribution in [0.1, 0.15) is 23.2 Å². The summed E-state index contributed by atoms with van der Waals surface area (Å²) in [6.07, 6.45) is 4.06. The first-order valence-electron chi connectivity index (χ1n) is 11.2. The number of rotatable bonds is 5. The summed E-state index contributed by atoms with van der Waals surface area (Å²) < 4.78 is 1.78. The summed E-state index contributed by atoms with van der Waals surface area (Å²) in [6, 6.07) is 13.8. The van der Waals surface area contributed by atoms with Gasteiger partial charge in [-0.25, -0.2) is 4.68 Å². The zero-order valence-electron chi connectivity index (χ0n) is 18.0. The van der Waals surface area contributed by atoms with Gasteiger partial charge in [-0.3, -0.25) is 14.5 Å². The number of carbonyl (C=O) groups excluding carboxylic acids is 2. The Labute approximate surface area is 191 Å². The van der Waals surface area contributed by atoms with Crippen molar-refractivity contribution in [1.29, 1.82) is 0 Å². The number of nitrogens with zero attached hydrogens (tertiary/aromatic N) is 5. The Bertz CT molecular complexity index is 1070. The summed E-state index contributed by atoms with van der Waals surface area (Å²) in [4.78, 5) is 32.9. The van der Waals surface area contributed by atoms with E-state index in [0.29, 0.717) is 38.3 Å². The average Bonchev–Trinajstić information content (AvgIpc) is 3.61. The molecule has 8 heteroatoms. The van der Waals surface area contributed by atoms with Crippen LogP contribution in [0.15, 0.2) is 54.0 Å². The molecule has 0 N–H and O–H groups in total. The lowest BCUT2D eigenvalue weighted by Crippen LogP contribution is -2.51. The average molecular weight is 450 g/mol. The molecule has 0 unspecified atom stereocenters. The molecule has 0 saturated carbocycles. The monoisotopic (exact) mass is 449 g/mol. The van der Waals surface area contributed by atoms with Crippen molar-refractivity contribution in [3.63, 3.8) is 0 Å². The maximum Gasteiger partial charge on any atom is 0.257 e. The van der Waals surface area contributed by atoms with Gasteiger partial charge in [0.05, 0.1) is 22.7 Å². The fourth-order valence-electron chi connectivity index (χ4n) is 4.38. The van der Waals surface area contributed by atoms with Crippen LogP contribution in [0.5, 0.6) is 0 Å². The Balaban J connectivity index is 1.30. The summed E-state index contributed by atoms with van der Waals surface area (Å²) in [6.45, 7) is 4.88. The lowest BCUT2D eigenvalue weighted by atomic mass is 10.1. The van der Waals surface area contributed by atoms with Crippen molar-refractivity contribution < 1.29 is 9.59 Å². The Morgan fingerprint density at radius 3 is 2.31 bits per heavy atom. The van der Waals surface area contributed by atoms with Gasteiger partial charge >= 0.3 is 0 Å². The van der Waals surface area contributed by atoms with E-state index >= 15 is 0 Å². The molecule has 2 aliphatic heterocycles. The molecular weight excluding hydrogens is 422 g/mol. The smallest absolute Gasteiger partial charge is 0.257 e. The third-order valence-electron chi connectivity index (χ3n) is 6.20. The van der Waals surface area contributed by atoms with Gasteiger partial charge in [0.15, 0.2) is 0 Å². The van der Waals surface area contributed by atoms with E-state index in [1.54, 1.807) is 16.0 Å². The Kier molecular flexibility index (Phi) is 6.05. The molecule has 5 rings (SSSR count). The molecule has 0 radical (unpaired) electrons. The number of hydrogen-bond acceptors (Lipinski definition) is 5. The van der Waals surface area contributed by atoms with Gasteiger partial charge in [-0.15, -0.1) is 11.3 Å². The van der Waals surface area contributed by atoms with E-state index in [4.69, 9.17) is 5.10 Å². The summed E-state index contributed by atoms with van der Waals surface area (Å²) in [5.41, 5.74) is 2.27. The molecule has 0 aliphatic carbocycles. The van der Waals surface area contributed by atoms with Crippen LogP contribution < -0.4 is 0 Å². The molecule has 166 valence electrons. The van der Waals surface area contributed by atoms with Crippen LogP contribution in [0.4, 0.5) is 0 Å². The molecule has 2 aromatic heterocycles. The number of para-hydroxylation sites is 1. The van der Waals surface area contributed by atoms with Gasteiger partial charge in [0.25, 0.3) is 5.91 Å². The zero-order chi connectivity index (χ0) is 21.9. The summed E-state index contributed by atoms with van der Waals surface area (Å²) in [7, 11) is 0. The molecule has 32 heavy (non-hydrogen) atoms. The highest BCUT2D eigenvalue weighted by Gasteiger charge is 2.28. The number of benzene rings is 1. The quantitative estimate of drug-likeness (QED) is 0.601. The minimum Gasteiger partial charge on any atom is -0.342 e. The van der Waals surface area contributed by atoms with Crippen molar-refractivity contribution in [2.75, 3.05) is 45.8 Å². The third kappa shape index (κ3) is 4.33. The number of piperazine rings is 1. The third-order valence-corrected chi connectivity index (χ3v) is 7.07. The van der Waals surface area contributed by atoms with E-state index < -0.39 is 0 Å². The highest BCUT2D eigenvalue weighted by molar-refractivity contribution is 7.13. The second-order valence-corrected chi connectivity index (χ2v) is 9.25. The number of carbonyl (C=O) groups is 2. The fourth-order valence-corrected chi connectivity index (χ4v) is 5.10. The number of amides is 2. The lowest BCUT2D eigenvalue weighted by molar-refractivity contribution is -0.131. The van der Waals surface area contributed by atoms with Gasteiger partial charge in [-0.05, 0) is 36.4 Å². The molecule has 4 heterocycles. The van der Waals surface area contributed by atoms with Crippen LogP contribution in [0, 0.1) is 0 Å². The van der Waals surface area contributed by atoms with E-state index in [1.807, 2.05) is 63.8 Å². The molecule has 2 fully saturated rings. The van der Waals surface area contributed by atoms with Gasteiger partial charge in [0.1, 0.15) is 5.69 Å². The van der Waals surface area contributed by atoms with E-state index in [1.165, 1.54) is 0 Å². The molecule has 2 aliphatic rings. The highest BCUT2D eigenvalue weighted by Crippen LogP contribution is 2.29. The predicted octanol–water partition coefficient (Wildman–Crippen LogP) is 2.98. The van der Waals surface area contributed by atoms with Gasteiger partial charge in [-0.1, -0.05) is 24.3 Å². The second kappa shape index (κ2) is 9.26. The van der Waals surface area contributed by atoms with Gasteiger partial charge in [0.2, 0.25) is 5.91 Å². The van der Waals surface area contributed by atoms with Crippen molar-refractivity contribution in [2.24, 2.45) is 0 Å². The number of likely N-dealkylation sites (tertiary alicyclic amines) is 1. The minimum absolute atomic E-state index is 0.00102. The fraction of sp³-hybridized carbons (Fsp3) is 0.375. The number of thiophene rings is 1. The van der Waals surface area contributed by atoms with Crippen molar-refractivity contribution in [3.05, 3.63) is 59.6 Å². The van der Waals surface area contributed by atoms with Crippen LogP contribution in [-0.4, -0.2) is 82.1 Å². The molecule has 0 spiro atoms. The predicted molar refractivity (Wildman–Crippen MR) is 125 cm³/mol. The standard InChI is InChI=1S/C24H27N5O2S/c30-22(27-10-4-5-11-27)18-26-12-14-28(15-13-26)24(31)20-17-29(19-7-2-1-3-8-19)25-23(20)21-9-6-16-32-21/h1-3,6-9,16-17H,4-5,10-15,18H2. The highest BCUT2D eigenvalue weighted by atomic mass is 32.1. The number of aromatic nitrogens is 2.